The van der Waals surface area contributed by atoms with Gasteiger partial charge in [-0.05, 0) is 13.3 Å². The summed E-state index contributed by atoms with van der Waals surface area (Å²) < 4.78 is 12.5. The standard InChI is InChI=1S/C13H19O6P/c1-3-4-8-20(18,19)10-9(11(14)15)6-5-7-13(10,2)12(16)17/h5-7,10H,3-4,8H2,1-2H3,(H,14,15)(H,16,17)(H,18,19). The maximum absolute atomic E-state index is 12.5. The van der Waals surface area contributed by atoms with Gasteiger partial charge in [-0.15, -0.1) is 0 Å². The van der Waals surface area contributed by atoms with Crippen LogP contribution >= 0.6 is 7.37 Å². The van der Waals surface area contributed by atoms with E-state index in [1.807, 2.05) is 6.92 Å². The maximum Gasteiger partial charge on any atom is 0.332 e. The van der Waals surface area contributed by atoms with Crippen LogP contribution in [0.15, 0.2) is 23.8 Å². The summed E-state index contributed by atoms with van der Waals surface area (Å²) in [5.41, 5.74) is -3.44. The summed E-state index contributed by atoms with van der Waals surface area (Å²) in [7, 11) is -3.95. The summed E-state index contributed by atoms with van der Waals surface area (Å²) >= 11 is 0. The van der Waals surface area contributed by atoms with Gasteiger partial charge in [-0.25, -0.2) is 4.79 Å². The fourth-order valence-corrected chi connectivity index (χ4v) is 5.08. The molecule has 1 rings (SSSR count). The van der Waals surface area contributed by atoms with Crippen LogP contribution in [0, 0.1) is 5.41 Å². The molecule has 7 heteroatoms. The summed E-state index contributed by atoms with van der Waals surface area (Å²) in [6.45, 7) is 3.12. The molecule has 0 saturated heterocycles. The second-order valence-corrected chi connectivity index (χ2v) is 7.58. The minimum atomic E-state index is -3.95. The van der Waals surface area contributed by atoms with Gasteiger partial charge in [0.05, 0.1) is 16.6 Å². The molecule has 0 bridgehead atoms. The van der Waals surface area contributed by atoms with Gasteiger partial charge in [0.15, 0.2) is 0 Å². The van der Waals surface area contributed by atoms with E-state index in [2.05, 4.69) is 0 Å². The first-order valence-corrected chi connectivity index (χ1v) is 8.25. The van der Waals surface area contributed by atoms with Crippen LogP contribution in [0.3, 0.4) is 0 Å². The molecule has 0 radical (unpaired) electrons. The lowest BCUT2D eigenvalue weighted by Gasteiger charge is -2.36. The number of rotatable bonds is 6. The minimum Gasteiger partial charge on any atom is -0.481 e. The molecule has 0 aliphatic heterocycles. The normalized spacial score (nSPS) is 28.6. The van der Waals surface area contributed by atoms with Gasteiger partial charge in [-0.1, -0.05) is 31.6 Å². The van der Waals surface area contributed by atoms with E-state index in [0.29, 0.717) is 12.8 Å². The third kappa shape index (κ3) is 3.02. The van der Waals surface area contributed by atoms with E-state index in [1.165, 1.54) is 25.2 Å². The Balaban J connectivity index is 3.34. The predicted molar refractivity (Wildman–Crippen MR) is 74.0 cm³/mol. The van der Waals surface area contributed by atoms with Crippen LogP contribution < -0.4 is 0 Å². The van der Waals surface area contributed by atoms with Crippen molar-refractivity contribution in [1.82, 2.24) is 0 Å². The monoisotopic (exact) mass is 302 g/mol. The Hall–Kier alpha value is -1.39. The van der Waals surface area contributed by atoms with Gasteiger partial charge in [-0.2, -0.15) is 0 Å². The molecule has 0 aromatic carbocycles. The molecule has 0 heterocycles. The van der Waals surface area contributed by atoms with Crippen molar-refractivity contribution in [1.29, 1.82) is 0 Å². The van der Waals surface area contributed by atoms with Gasteiger partial charge in [0.25, 0.3) is 0 Å². The van der Waals surface area contributed by atoms with E-state index < -0.39 is 30.4 Å². The van der Waals surface area contributed by atoms with E-state index >= 15 is 0 Å². The van der Waals surface area contributed by atoms with Crippen molar-refractivity contribution in [2.24, 2.45) is 5.41 Å². The molecular formula is C13H19O6P. The van der Waals surface area contributed by atoms with Crippen molar-refractivity contribution < 1.29 is 29.3 Å². The highest BCUT2D eigenvalue weighted by Crippen LogP contribution is 2.58. The van der Waals surface area contributed by atoms with Crippen molar-refractivity contribution in [3.05, 3.63) is 23.8 Å². The highest BCUT2D eigenvalue weighted by atomic mass is 31.2. The lowest BCUT2D eigenvalue weighted by Crippen LogP contribution is -2.42. The maximum atomic E-state index is 12.5. The molecule has 112 valence electrons. The van der Waals surface area contributed by atoms with Crippen LogP contribution in [0.2, 0.25) is 0 Å². The van der Waals surface area contributed by atoms with Gasteiger partial charge in [-0.3, -0.25) is 9.36 Å². The first-order chi connectivity index (χ1) is 9.16. The lowest BCUT2D eigenvalue weighted by molar-refractivity contribution is -0.145. The Bertz CT molecular complexity index is 521. The Morgan fingerprint density at radius 3 is 2.45 bits per heavy atom. The summed E-state index contributed by atoms with van der Waals surface area (Å²) in [5.74, 6) is -2.67. The number of carboxylic acids is 2. The van der Waals surface area contributed by atoms with Gasteiger partial charge in [0.1, 0.15) is 0 Å². The van der Waals surface area contributed by atoms with Gasteiger partial charge in [0, 0.05) is 6.16 Å². The number of carboxylic acid groups (broad SMARTS) is 2. The average Bonchev–Trinajstić information content (AvgIpc) is 2.35. The molecule has 0 fully saturated rings. The molecule has 1 aliphatic rings. The first-order valence-electron chi connectivity index (χ1n) is 6.34. The number of hydrogen-bond donors (Lipinski definition) is 3. The van der Waals surface area contributed by atoms with Crippen molar-refractivity contribution in [2.75, 3.05) is 6.16 Å². The fourth-order valence-electron chi connectivity index (χ4n) is 2.38. The van der Waals surface area contributed by atoms with Crippen molar-refractivity contribution in [2.45, 2.75) is 32.3 Å². The molecule has 0 saturated carbocycles. The quantitative estimate of drug-likeness (QED) is 0.648. The lowest BCUT2D eigenvalue weighted by atomic mass is 9.79. The van der Waals surface area contributed by atoms with E-state index in [-0.39, 0.29) is 11.7 Å². The van der Waals surface area contributed by atoms with Gasteiger partial charge < -0.3 is 15.1 Å². The second-order valence-electron chi connectivity index (χ2n) is 5.11. The van der Waals surface area contributed by atoms with E-state index in [4.69, 9.17) is 0 Å². The summed E-state index contributed by atoms with van der Waals surface area (Å²) in [4.78, 5) is 33.0. The molecule has 20 heavy (non-hydrogen) atoms. The van der Waals surface area contributed by atoms with Gasteiger partial charge >= 0.3 is 11.9 Å². The molecule has 6 nitrogen and oxygen atoms in total. The molecule has 3 N–H and O–H groups in total. The zero-order chi connectivity index (χ0) is 15.6. The predicted octanol–water partition coefficient (Wildman–Crippen LogP) is 2.10. The van der Waals surface area contributed by atoms with Crippen LogP contribution in [0.4, 0.5) is 0 Å². The number of aliphatic carboxylic acids is 2. The molecule has 3 unspecified atom stereocenters. The van der Waals surface area contributed by atoms with Crippen LogP contribution in [0.1, 0.15) is 26.7 Å². The first kappa shape index (κ1) is 16.7. The highest BCUT2D eigenvalue weighted by molar-refractivity contribution is 7.59. The Morgan fingerprint density at radius 1 is 1.40 bits per heavy atom. The van der Waals surface area contributed by atoms with Crippen molar-refractivity contribution >= 4 is 19.3 Å². The number of hydrogen-bond acceptors (Lipinski definition) is 3. The SMILES string of the molecule is CCCCP(=O)(O)C1C(C(=O)O)=CC=CC1(C)C(=O)O. The minimum absolute atomic E-state index is 0.0878. The van der Waals surface area contributed by atoms with Crippen LogP contribution in [-0.4, -0.2) is 38.9 Å². The number of carbonyl (C=O) groups is 2. The van der Waals surface area contributed by atoms with Crippen molar-refractivity contribution in [3.8, 4) is 0 Å². The van der Waals surface area contributed by atoms with E-state index in [0.717, 1.165) is 0 Å². The van der Waals surface area contributed by atoms with Crippen LogP contribution in [0.25, 0.3) is 0 Å². The van der Waals surface area contributed by atoms with E-state index in [1.54, 1.807) is 0 Å². The Morgan fingerprint density at radius 2 is 2.00 bits per heavy atom. The zero-order valence-electron chi connectivity index (χ0n) is 11.4. The summed E-state index contributed by atoms with van der Waals surface area (Å²) in [6.07, 6.45) is 4.82. The van der Waals surface area contributed by atoms with Crippen LogP contribution in [0.5, 0.6) is 0 Å². The fraction of sp³-hybridized carbons (Fsp3) is 0.538. The third-order valence-corrected chi connectivity index (χ3v) is 6.10. The second kappa shape index (κ2) is 5.94. The zero-order valence-corrected chi connectivity index (χ0v) is 12.3. The topological polar surface area (TPSA) is 112 Å². The average molecular weight is 302 g/mol. The van der Waals surface area contributed by atoms with Crippen LogP contribution in [-0.2, 0) is 14.2 Å². The van der Waals surface area contributed by atoms with E-state index in [9.17, 15) is 29.3 Å². The molecule has 0 aromatic rings. The number of unbranched alkanes of at least 4 members (excludes halogenated alkanes) is 1. The Labute approximate surface area is 117 Å². The third-order valence-electron chi connectivity index (χ3n) is 3.52. The molecule has 3 atom stereocenters. The molecule has 0 amide bonds. The molecule has 0 aromatic heterocycles. The smallest absolute Gasteiger partial charge is 0.332 e. The molecule has 1 aliphatic carbocycles. The van der Waals surface area contributed by atoms with Crippen molar-refractivity contribution in [3.63, 3.8) is 0 Å². The van der Waals surface area contributed by atoms with Gasteiger partial charge in [0.2, 0.25) is 7.37 Å². The largest absolute Gasteiger partial charge is 0.481 e. The highest BCUT2D eigenvalue weighted by Gasteiger charge is 2.53. The molecule has 0 spiro atoms. The summed E-state index contributed by atoms with van der Waals surface area (Å²) in [6, 6.07) is 0. The number of allylic oxidation sites excluding steroid dienone is 2. The summed E-state index contributed by atoms with van der Waals surface area (Å²) in [5, 5.41) is 18.5. The Kier molecular flexibility index (Phi) is 4.95. The molecular weight excluding hydrogens is 283 g/mol.